The minimum Gasteiger partial charge on any atom is -0.323 e. The molecule has 0 radical (unpaired) electrons. The number of hydrogen-bond donors (Lipinski definition) is 1. The smallest absolute Gasteiger partial charge is 0.0418 e. The molecule has 1 nitrogen and oxygen atoms in total. The van der Waals surface area contributed by atoms with Gasteiger partial charge in [0.15, 0.2) is 0 Å². The molecular weight excluding hydrogens is 238 g/mol. The molecule has 0 bridgehead atoms. The van der Waals surface area contributed by atoms with E-state index in [4.69, 9.17) is 5.73 Å². The van der Waals surface area contributed by atoms with Gasteiger partial charge in [-0.1, -0.05) is 52.0 Å². The van der Waals surface area contributed by atoms with E-state index < -0.39 is 0 Å². The molecule has 2 rings (SSSR count). The van der Waals surface area contributed by atoms with Crippen molar-refractivity contribution in [3.8, 4) is 0 Å². The second-order valence-electron chi connectivity index (χ2n) is 5.92. The zero-order valence-electron chi connectivity index (χ0n) is 11.9. The third-order valence-corrected chi connectivity index (χ3v) is 6.01. The molecule has 0 amide bonds. The summed E-state index contributed by atoms with van der Waals surface area (Å²) in [5.74, 6) is 1.35. The number of thioether (sulfide) groups is 1. The van der Waals surface area contributed by atoms with Gasteiger partial charge in [-0.2, -0.15) is 11.8 Å². The molecule has 4 unspecified atom stereocenters. The molecule has 4 atom stereocenters. The summed E-state index contributed by atoms with van der Waals surface area (Å²) in [4.78, 5) is 0. The average molecular weight is 263 g/mol. The van der Waals surface area contributed by atoms with Crippen LogP contribution in [0.2, 0.25) is 0 Å². The predicted molar refractivity (Wildman–Crippen MR) is 82.1 cm³/mol. The minimum atomic E-state index is 0.198. The predicted octanol–water partition coefficient (Wildman–Crippen LogP) is 4.34. The van der Waals surface area contributed by atoms with E-state index in [0.29, 0.717) is 16.4 Å². The van der Waals surface area contributed by atoms with Crippen molar-refractivity contribution in [2.24, 2.45) is 11.7 Å². The van der Waals surface area contributed by atoms with Crippen molar-refractivity contribution in [1.82, 2.24) is 0 Å². The van der Waals surface area contributed by atoms with Gasteiger partial charge in [0.2, 0.25) is 0 Å². The van der Waals surface area contributed by atoms with Gasteiger partial charge in [-0.3, -0.25) is 0 Å². The first-order valence-corrected chi connectivity index (χ1v) is 7.94. The van der Waals surface area contributed by atoms with Crippen molar-refractivity contribution < 1.29 is 0 Å². The van der Waals surface area contributed by atoms with E-state index in [1.54, 1.807) is 0 Å². The van der Waals surface area contributed by atoms with E-state index in [1.807, 2.05) is 0 Å². The van der Waals surface area contributed by atoms with Gasteiger partial charge < -0.3 is 5.73 Å². The zero-order chi connectivity index (χ0) is 13.3. The van der Waals surface area contributed by atoms with Gasteiger partial charge in [0.25, 0.3) is 0 Å². The summed E-state index contributed by atoms with van der Waals surface area (Å²) >= 11 is 2.08. The lowest BCUT2D eigenvalue weighted by Gasteiger charge is -2.36. The highest BCUT2D eigenvalue weighted by molar-refractivity contribution is 8.00. The Bertz CT molecular complexity index is 402. The molecule has 0 spiro atoms. The van der Waals surface area contributed by atoms with Crippen molar-refractivity contribution in [2.45, 2.75) is 56.6 Å². The fraction of sp³-hybridized carbons (Fsp3) is 0.625. The standard InChI is InChI=1S/C16H25NS/c1-10(2)12(4)18-15-9-11(3)13-7-5-6-8-14(13)16(15)17/h5-8,10-12,15-16H,9,17H2,1-4H3. The Morgan fingerprint density at radius 2 is 1.78 bits per heavy atom. The van der Waals surface area contributed by atoms with Gasteiger partial charge in [0.1, 0.15) is 0 Å². The Morgan fingerprint density at radius 1 is 1.17 bits per heavy atom. The first-order chi connectivity index (χ1) is 8.50. The Kier molecular flexibility index (Phi) is 4.39. The molecule has 0 aromatic heterocycles. The van der Waals surface area contributed by atoms with Gasteiger partial charge in [-0.25, -0.2) is 0 Å². The maximum atomic E-state index is 6.48. The monoisotopic (exact) mass is 263 g/mol. The maximum absolute atomic E-state index is 6.48. The van der Waals surface area contributed by atoms with E-state index >= 15 is 0 Å². The normalized spacial score (nSPS) is 29.1. The molecule has 0 fully saturated rings. The van der Waals surface area contributed by atoms with Gasteiger partial charge in [-0.15, -0.1) is 0 Å². The highest BCUT2D eigenvalue weighted by atomic mass is 32.2. The van der Waals surface area contributed by atoms with Crippen LogP contribution < -0.4 is 5.73 Å². The van der Waals surface area contributed by atoms with E-state index in [-0.39, 0.29) is 6.04 Å². The molecule has 1 aromatic carbocycles. The zero-order valence-corrected chi connectivity index (χ0v) is 12.7. The lowest BCUT2D eigenvalue weighted by Crippen LogP contribution is -2.32. The molecule has 1 aliphatic carbocycles. The molecule has 0 saturated carbocycles. The summed E-state index contributed by atoms with van der Waals surface area (Å²) in [6, 6.07) is 8.90. The van der Waals surface area contributed by atoms with Gasteiger partial charge in [-0.05, 0) is 29.4 Å². The van der Waals surface area contributed by atoms with Crippen LogP contribution in [0.4, 0.5) is 0 Å². The third kappa shape index (κ3) is 2.75. The van der Waals surface area contributed by atoms with Crippen molar-refractivity contribution in [3.63, 3.8) is 0 Å². The lowest BCUT2D eigenvalue weighted by molar-refractivity contribution is 0.522. The molecule has 0 aliphatic heterocycles. The van der Waals surface area contributed by atoms with Crippen LogP contribution in [-0.2, 0) is 0 Å². The number of nitrogens with two attached hydrogens (primary N) is 1. The van der Waals surface area contributed by atoms with Crippen molar-refractivity contribution >= 4 is 11.8 Å². The SMILES string of the molecule is CC1CC(SC(C)C(C)C)C(N)c2ccccc21. The lowest BCUT2D eigenvalue weighted by atomic mass is 9.81. The molecule has 0 heterocycles. The Labute approximate surface area is 116 Å². The van der Waals surface area contributed by atoms with Crippen LogP contribution in [0.3, 0.4) is 0 Å². The van der Waals surface area contributed by atoms with Crippen molar-refractivity contribution in [3.05, 3.63) is 35.4 Å². The molecule has 1 aromatic rings. The number of hydrogen-bond acceptors (Lipinski definition) is 2. The topological polar surface area (TPSA) is 26.0 Å². The largest absolute Gasteiger partial charge is 0.323 e. The molecule has 100 valence electrons. The van der Waals surface area contributed by atoms with Crippen molar-refractivity contribution in [2.75, 3.05) is 0 Å². The van der Waals surface area contributed by atoms with Crippen LogP contribution in [0.1, 0.15) is 57.2 Å². The van der Waals surface area contributed by atoms with Crippen LogP contribution in [-0.4, -0.2) is 10.5 Å². The van der Waals surface area contributed by atoms with Gasteiger partial charge >= 0.3 is 0 Å². The second kappa shape index (κ2) is 5.66. The number of fused-ring (bicyclic) bond motifs is 1. The summed E-state index contributed by atoms with van der Waals surface area (Å²) in [5.41, 5.74) is 9.30. The minimum absolute atomic E-state index is 0.198. The summed E-state index contributed by atoms with van der Waals surface area (Å²) in [6.07, 6.45) is 1.21. The van der Waals surface area contributed by atoms with Crippen LogP contribution in [0, 0.1) is 5.92 Å². The van der Waals surface area contributed by atoms with Gasteiger partial charge in [0.05, 0.1) is 0 Å². The molecule has 18 heavy (non-hydrogen) atoms. The number of benzene rings is 1. The molecule has 0 saturated heterocycles. The van der Waals surface area contributed by atoms with E-state index in [1.165, 1.54) is 17.5 Å². The Balaban J connectivity index is 2.18. The van der Waals surface area contributed by atoms with Crippen LogP contribution in [0.5, 0.6) is 0 Å². The fourth-order valence-electron chi connectivity index (χ4n) is 2.66. The van der Waals surface area contributed by atoms with Crippen LogP contribution >= 0.6 is 11.8 Å². The van der Waals surface area contributed by atoms with Crippen molar-refractivity contribution in [1.29, 1.82) is 0 Å². The summed E-state index contributed by atoms with van der Waals surface area (Å²) in [5, 5.41) is 1.24. The first-order valence-electron chi connectivity index (χ1n) is 7.00. The van der Waals surface area contributed by atoms with E-state index in [2.05, 4.69) is 63.7 Å². The molecular formula is C16H25NS. The highest BCUT2D eigenvalue weighted by Gasteiger charge is 2.32. The van der Waals surface area contributed by atoms with Gasteiger partial charge in [0, 0.05) is 16.5 Å². The van der Waals surface area contributed by atoms with Crippen LogP contribution in [0.25, 0.3) is 0 Å². The van der Waals surface area contributed by atoms with Crippen LogP contribution in [0.15, 0.2) is 24.3 Å². The average Bonchev–Trinajstić information content (AvgIpc) is 2.35. The van der Waals surface area contributed by atoms with E-state index in [0.717, 1.165) is 5.92 Å². The quantitative estimate of drug-likeness (QED) is 0.878. The van der Waals surface area contributed by atoms with E-state index in [9.17, 15) is 0 Å². The Morgan fingerprint density at radius 3 is 2.39 bits per heavy atom. The molecule has 2 N–H and O–H groups in total. The number of rotatable bonds is 3. The Hall–Kier alpha value is -0.470. The summed E-state index contributed by atoms with van der Waals surface area (Å²) in [7, 11) is 0. The maximum Gasteiger partial charge on any atom is 0.0418 e. The summed E-state index contributed by atoms with van der Waals surface area (Å²) in [6.45, 7) is 9.25. The molecule has 2 heteroatoms. The summed E-state index contributed by atoms with van der Waals surface area (Å²) < 4.78 is 0. The third-order valence-electron chi connectivity index (χ3n) is 4.20. The first kappa shape index (κ1) is 14.0. The second-order valence-corrected chi connectivity index (χ2v) is 7.54. The molecule has 1 aliphatic rings. The highest BCUT2D eigenvalue weighted by Crippen LogP contribution is 2.43. The fourth-order valence-corrected chi connectivity index (χ4v) is 4.24.